The van der Waals surface area contributed by atoms with Gasteiger partial charge in [-0.3, -0.25) is 10.1 Å². The van der Waals surface area contributed by atoms with E-state index in [2.05, 4.69) is 30.4 Å². The van der Waals surface area contributed by atoms with Gasteiger partial charge in [0.15, 0.2) is 0 Å². The highest BCUT2D eigenvalue weighted by molar-refractivity contribution is 5.78. The molecular weight excluding hydrogens is 224 g/mol. The fourth-order valence-electron chi connectivity index (χ4n) is 2.39. The van der Waals surface area contributed by atoms with Crippen molar-refractivity contribution in [2.24, 2.45) is 5.92 Å². The molecule has 0 aromatic carbocycles. The van der Waals surface area contributed by atoms with Gasteiger partial charge in [-0.05, 0) is 18.8 Å². The van der Waals surface area contributed by atoms with Crippen LogP contribution in [0.4, 0.5) is 0 Å². The van der Waals surface area contributed by atoms with Gasteiger partial charge in [-0.25, -0.2) is 0 Å². The van der Waals surface area contributed by atoms with Gasteiger partial charge in [-0.2, -0.15) is 0 Å². The van der Waals surface area contributed by atoms with E-state index in [9.17, 15) is 4.79 Å². The summed E-state index contributed by atoms with van der Waals surface area (Å²) in [6, 6.07) is 0.343. The van der Waals surface area contributed by atoms with Gasteiger partial charge in [0, 0.05) is 6.04 Å². The van der Waals surface area contributed by atoms with Crippen LogP contribution in [-0.4, -0.2) is 24.5 Å². The van der Waals surface area contributed by atoms with Crippen molar-refractivity contribution in [1.82, 2.24) is 10.6 Å². The van der Waals surface area contributed by atoms with E-state index in [1.165, 1.54) is 25.7 Å². The van der Waals surface area contributed by atoms with E-state index in [1.54, 1.807) is 0 Å². The molecule has 0 heterocycles. The van der Waals surface area contributed by atoms with E-state index in [4.69, 9.17) is 6.42 Å². The maximum atomic E-state index is 11.8. The van der Waals surface area contributed by atoms with Crippen molar-refractivity contribution >= 4 is 5.91 Å². The van der Waals surface area contributed by atoms with Gasteiger partial charge >= 0.3 is 0 Å². The van der Waals surface area contributed by atoms with Gasteiger partial charge in [-0.1, -0.05) is 45.5 Å². The van der Waals surface area contributed by atoms with Crippen LogP contribution in [0.5, 0.6) is 0 Å². The van der Waals surface area contributed by atoms with Crippen molar-refractivity contribution in [1.29, 1.82) is 0 Å². The maximum absolute atomic E-state index is 11.8. The van der Waals surface area contributed by atoms with Crippen LogP contribution in [0.25, 0.3) is 0 Å². The average Bonchev–Trinajstić information content (AvgIpc) is 2.58. The van der Waals surface area contributed by atoms with Gasteiger partial charge < -0.3 is 5.32 Å². The predicted molar refractivity (Wildman–Crippen MR) is 75.1 cm³/mol. The van der Waals surface area contributed by atoms with Gasteiger partial charge in [-0.15, -0.1) is 6.42 Å². The molecule has 0 saturated heterocycles. The van der Waals surface area contributed by atoms with Crippen molar-refractivity contribution in [2.45, 2.75) is 64.5 Å². The molecule has 1 saturated carbocycles. The fourth-order valence-corrected chi connectivity index (χ4v) is 2.39. The highest BCUT2D eigenvalue weighted by Gasteiger charge is 2.16. The number of nitrogens with one attached hydrogen (secondary N) is 2. The monoisotopic (exact) mass is 250 g/mol. The summed E-state index contributed by atoms with van der Waals surface area (Å²) in [5.74, 6) is 3.10. The van der Waals surface area contributed by atoms with Crippen LogP contribution in [0.2, 0.25) is 0 Å². The maximum Gasteiger partial charge on any atom is 0.234 e. The first kappa shape index (κ1) is 15.0. The van der Waals surface area contributed by atoms with Crippen LogP contribution in [0.1, 0.15) is 52.4 Å². The lowest BCUT2D eigenvalue weighted by Crippen LogP contribution is -2.44. The molecule has 1 atom stereocenters. The quantitative estimate of drug-likeness (QED) is 0.579. The minimum Gasteiger partial charge on any atom is -0.352 e. The summed E-state index contributed by atoms with van der Waals surface area (Å²) in [5, 5.41) is 6.23. The lowest BCUT2D eigenvalue weighted by atomic mass is 10.1. The molecule has 102 valence electrons. The Labute approximate surface area is 111 Å². The Hall–Kier alpha value is -1.01. The number of carbonyl (C=O) groups excluding carboxylic acids is 1. The lowest BCUT2D eigenvalue weighted by molar-refractivity contribution is -0.121. The minimum atomic E-state index is -0.0233. The first-order valence-corrected chi connectivity index (χ1v) is 7.12. The number of terminal acetylenes is 1. The second-order valence-corrected chi connectivity index (χ2v) is 5.53. The third-order valence-corrected chi connectivity index (χ3v) is 3.55. The Balaban J connectivity index is 2.26. The second-order valence-electron chi connectivity index (χ2n) is 5.53. The summed E-state index contributed by atoms with van der Waals surface area (Å²) in [6.45, 7) is 4.44. The molecule has 0 aromatic rings. The molecule has 2 N–H and O–H groups in total. The Kier molecular flexibility index (Phi) is 6.82. The molecule has 0 spiro atoms. The average molecular weight is 250 g/mol. The van der Waals surface area contributed by atoms with E-state index in [0.717, 1.165) is 12.8 Å². The Bertz CT molecular complexity index is 285. The SMILES string of the molecule is C#CC(NCC(=O)NC1CCCCCC1)C(C)C. The first-order chi connectivity index (χ1) is 8.63. The Morgan fingerprint density at radius 3 is 2.39 bits per heavy atom. The van der Waals surface area contributed by atoms with Crippen molar-refractivity contribution in [3.8, 4) is 12.3 Å². The molecule has 1 rings (SSSR count). The molecule has 0 aliphatic heterocycles. The second kappa shape index (κ2) is 8.16. The largest absolute Gasteiger partial charge is 0.352 e. The standard InChI is InChI=1S/C15H26N2O/c1-4-14(12(2)3)16-11-15(18)17-13-9-7-5-6-8-10-13/h1,12-14,16H,5-11H2,2-3H3,(H,17,18). The lowest BCUT2D eigenvalue weighted by Gasteiger charge is -2.19. The molecule has 18 heavy (non-hydrogen) atoms. The van der Waals surface area contributed by atoms with E-state index in [-0.39, 0.29) is 11.9 Å². The summed E-state index contributed by atoms with van der Waals surface area (Å²) in [4.78, 5) is 11.8. The van der Waals surface area contributed by atoms with E-state index in [1.807, 2.05) is 0 Å². The van der Waals surface area contributed by atoms with Gasteiger partial charge in [0.2, 0.25) is 5.91 Å². The number of amides is 1. The molecule has 0 aromatic heterocycles. The molecule has 1 amide bonds. The Morgan fingerprint density at radius 2 is 1.89 bits per heavy atom. The number of hydrogen-bond donors (Lipinski definition) is 2. The third kappa shape index (κ3) is 5.55. The zero-order valence-corrected chi connectivity index (χ0v) is 11.7. The topological polar surface area (TPSA) is 41.1 Å². The predicted octanol–water partition coefficient (Wildman–Crippen LogP) is 2.07. The fraction of sp³-hybridized carbons (Fsp3) is 0.800. The highest BCUT2D eigenvalue weighted by Crippen LogP contribution is 2.16. The van der Waals surface area contributed by atoms with Crippen LogP contribution in [0.3, 0.4) is 0 Å². The molecule has 3 nitrogen and oxygen atoms in total. The molecule has 1 fully saturated rings. The number of rotatable bonds is 5. The third-order valence-electron chi connectivity index (χ3n) is 3.55. The van der Waals surface area contributed by atoms with Crippen molar-refractivity contribution < 1.29 is 4.79 Å². The van der Waals surface area contributed by atoms with Crippen molar-refractivity contribution in [2.75, 3.05) is 6.54 Å². The summed E-state index contributed by atoms with van der Waals surface area (Å²) in [5.41, 5.74) is 0. The van der Waals surface area contributed by atoms with Gasteiger partial charge in [0.05, 0.1) is 12.6 Å². The molecule has 0 bridgehead atoms. The molecule has 1 aliphatic carbocycles. The Morgan fingerprint density at radius 1 is 1.28 bits per heavy atom. The number of carbonyl (C=O) groups is 1. The van der Waals surface area contributed by atoms with Crippen LogP contribution in [0, 0.1) is 18.3 Å². The summed E-state index contributed by atoms with van der Waals surface area (Å²) < 4.78 is 0. The molecule has 3 heteroatoms. The molecule has 1 unspecified atom stereocenters. The van der Waals surface area contributed by atoms with Crippen LogP contribution in [0.15, 0.2) is 0 Å². The van der Waals surface area contributed by atoms with Crippen molar-refractivity contribution in [3.05, 3.63) is 0 Å². The molecular formula is C15H26N2O. The van der Waals surface area contributed by atoms with Crippen molar-refractivity contribution in [3.63, 3.8) is 0 Å². The van der Waals surface area contributed by atoms with Crippen LogP contribution < -0.4 is 10.6 Å². The van der Waals surface area contributed by atoms with Gasteiger partial charge in [0.25, 0.3) is 0 Å². The smallest absolute Gasteiger partial charge is 0.234 e. The van der Waals surface area contributed by atoms with E-state index >= 15 is 0 Å². The van der Waals surface area contributed by atoms with Crippen LogP contribution in [-0.2, 0) is 4.79 Å². The van der Waals surface area contributed by atoms with Gasteiger partial charge in [0.1, 0.15) is 0 Å². The summed E-state index contributed by atoms with van der Waals surface area (Å²) >= 11 is 0. The minimum absolute atomic E-state index is 0.0233. The van der Waals surface area contributed by atoms with E-state index < -0.39 is 0 Å². The first-order valence-electron chi connectivity index (χ1n) is 7.12. The summed E-state index contributed by atoms with van der Waals surface area (Å²) in [6.07, 6.45) is 12.7. The molecule has 0 radical (unpaired) electrons. The highest BCUT2D eigenvalue weighted by atomic mass is 16.1. The number of hydrogen-bond acceptors (Lipinski definition) is 2. The summed E-state index contributed by atoms with van der Waals surface area (Å²) in [7, 11) is 0. The van der Waals surface area contributed by atoms with E-state index in [0.29, 0.717) is 18.5 Å². The zero-order chi connectivity index (χ0) is 13.4. The normalized spacial score (nSPS) is 19.0. The molecule has 1 aliphatic rings. The van der Waals surface area contributed by atoms with Crippen LogP contribution >= 0.6 is 0 Å². The zero-order valence-electron chi connectivity index (χ0n) is 11.7.